The van der Waals surface area contributed by atoms with Crippen LogP contribution in [0.1, 0.15) is 0 Å². The zero-order valence-corrected chi connectivity index (χ0v) is 8.38. The topological polar surface area (TPSA) is 51.8 Å². The Morgan fingerprint density at radius 1 is 1.42 bits per heavy atom. The molecular formula is C6H5N3S3. The maximum atomic E-state index is 5.48. The maximum absolute atomic E-state index is 5.48. The molecule has 2 aromatic heterocycles. The zero-order valence-electron chi connectivity index (χ0n) is 5.93. The van der Waals surface area contributed by atoms with E-state index in [1.807, 2.05) is 5.38 Å². The Morgan fingerprint density at radius 3 is 2.92 bits per heavy atom. The van der Waals surface area contributed by atoms with Gasteiger partial charge in [0.15, 0.2) is 9.47 Å². The molecule has 0 atom stereocenters. The van der Waals surface area contributed by atoms with Crippen LogP contribution in [0.2, 0.25) is 0 Å². The predicted molar refractivity (Wildman–Crippen MR) is 52.8 cm³/mol. The van der Waals surface area contributed by atoms with Gasteiger partial charge >= 0.3 is 0 Å². The highest BCUT2D eigenvalue weighted by atomic mass is 32.2. The first-order valence-corrected chi connectivity index (χ1v) is 5.64. The summed E-state index contributed by atoms with van der Waals surface area (Å²) in [6, 6.07) is 0. The van der Waals surface area contributed by atoms with Gasteiger partial charge in [-0.3, -0.25) is 0 Å². The monoisotopic (exact) mass is 215 g/mol. The van der Waals surface area contributed by atoms with E-state index in [-0.39, 0.29) is 0 Å². The van der Waals surface area contributed by atoms with E-state index in [2.05, 4.69) is 9.97 Å². The lowest BCUT2D eigenvalue weighted by molar-refractivity contribution is 1.25. The third kappa shape index (κ3) is 1.77. The fourth-order valence-corrected chi connectivity index (χ4v) is 3.28. The fourth-order valence-electron chi connectivity index (χ4n) is 0.666. The van der Waals surface area contributed by atoms with Crippen LogP contribution in [0.25, 0.3) is 0 Å². The van der Waals surface area contributed by atoms with Crippen molar-refractivity contribution in [2.45, 2.75) is 8.55 Å². The van der Waals surface area contributed by atoms with Gasteiger partial charge in [-0.2, -0.15) is 0 Å². The van der Waals surface area contributed by atoms with Gasteiger partial charge in [-0.05, 0) is 11.8 Å². The molecule has 2 heterocycles. The minimum atomic E-state index is 0.606. The highest BCUT2D eigenvalue weighted by molar-refractivity contribution is 8.02. The van der Waals surface area contributed by atoms with Gasteiger partial charge < -0.3 is 5.73 Å². The molecule has 0 saturated heterocycles. The Bertz CT molecular complexity index is 354. The summed E-state index contributed by atoms with van der Waals surface area (Å²) in [7, 11) is 0. The lowest BCUT2D eigenvalue weighted by atomic mass is 11.0. The first-order chi connectivity index (χ1) is 5.84. The number of rotatable bonds is 2. The van der Waals surface area contributed by atoms with Crippen molar-refractivity contribution in [1.82, 2.24) is 9.97 Å². The average molecular weight is 215 g/mol. The van der Waals surface area contributed by atoms with Crippen molar-refractivity contribution in [3.8, 4) is 0 Å². The summed E-state index contributed by atoms with van der Waals surface area (Å²) in [5.41, 5.74) is 5.48. The van der Waals surface area contributed by atoms with Crippen molar-refractivity contribution < 1.29 is 0 Å². The lowest BCUT2D eigenvalue weighted by Crippen LogP contribution is -1.77. The van der Waals surface area contributed by atoms with Gasteiger partial charge in [-0.25, -0.2) is 9.97 Å². The van der Waals surface area contributed by atoms with E-state index in [4.69, 9.17) is 5.73 Å². The minimum absolute atomic E-state index is 0.606. The molecule has 0 unspecified atom stereocenters. The van der Waals surface area contributed by atoms with Crippen molar-refractivity contribution in [2.75, 3.05) is 5.73 Å². The molecule has 2 rings (SSSR count). The smallest absolute Gasteiger partial charge is 0.181 e. The summed E-state index contributed by atoms with van der Waals surface area (Å²) >= 11 is 4.70. The second-order valence-electron chi connectivity index (χ2n) is 1.92. The number of hydrogen-bond acceptors (Lipinski definition) is 6. The molecule has 0 aliphatic rings. The normalized spacial score (nSPS) is 10.3. The van der Waals surface area contributed by atoms with Crippen molar-refractivity contribution in [2.24, 2.45) is 0 Å². The lowest BCUT2D eigenvalue weighted by Gasteiger charge is -1.87. The third-order valence-corrected chi connectivity index (χ3v) is 3.91. The SMILES string of the molecule is Nc1ncc(Sc2nccs2)s1. The zero-order chi connectivity index (χ0) is 8.39. The van der Waals surface area contributed by atoms with Gasteiger partial charge in [0.05, 0.1) is 10.4 Å². The number of nitrogens with two attached hydrogens (primary N) is 1. The number of aromatic nitrogens is 2. The standard InChI is InChI=1S/C6H5N3S3/c7-5-9-3-4(11-5)12-6-8-1-2-10-6/h1-3H,(H2,7,9). The molecule has 0 spiro atoms. The first-order valence-electron chi connectivity index (χ1n) is 3.13. The predicted octanol–water partition coefficient (Wildman–Crippen LogP) is 2.33. The molecule has 12 heavy (non-hydrogen) atoms. The largest absolute Gasteiger partial charge is 0.375 e. The van der Waals surface area contributed by atoms with Gasteiger partial charge in [-0.15, -0.1) is 11.3 Å². The first kappa shape index (κ1) is 8.03. The van der Waals surface area contributed by atoms with E-state index in [9.17, 15) is 0 Å². The van der Waals surface area contributed by atoms with Crippen molar-refractivity contribution in [1.29, 1.82) is 0 Å². The molecule has 0 aliphatic heterocycles. The van der Waals surface area contributed by atoms with Crippen LogP contribution in [0.3, 0.4) is 0 Å². The second-order valence-corrected chi connectivity index (χ2v) is 5.42. The van der Waals surface area contributed by atoms with Crippen LogP contribution in [-0.4, -0.2) is 9.97 Å². The molecule has 62 valence electrons. The van der Waals surface area contributed by atoms with E-state index >= 15 is 0 Å². The van der Waals surface area contributed by atoms with E-state index in [1.165, 1.54) is 11.3 Å². The molecule has 0 aromatic carbocycles. The molecule has 0 radical (unpaired) electrons. The average Bonchev–Trinajstić information content (AvgIpc) is 2.63. The quantitative estimate of drug-likeness (QED) is 0.835. The second kappa shape index (κ2) is 3.42. The molecule has 0 saturated carbocycles. The molecule has 3 nitrogen and oxygen atoms in total. The van der Waals surface area contributed by atoms with Gasteiger partial charge in [0.25, 0.3) is 0 Å². The summed E-state index contributed by atoms with van der Waals surface area (Å²) < 4.78 is 2.11. The van der Waals surface area contributed by atoms with Gasteiger partial charge in [0.2, 0.25) is 0 Å². The maximum Gasteiger partial charge on any atom is 0.181 e. The molecule has 0 aliphatic carbocycles. The fraction of sp³-hybridized carbons (Fsp3) is 0. The summed E-state index contributed by atoms with van der Waals surface area (Å²) in [4.78, 5) is 8.09. The summed E-state index contributed by atoms with van der Waals surface area (Å²) in [5.74, 6) is 0. The van der Waals surface area contributed by atoms with Crippen LogP contribution in [0.5, 0.6) is 0 Å². The van der Waals surface area contributed by atoms with E-state index in [0.29, 0.717) is 5.13 Å². The molecular weight excluding hydrogens is 210 g/mol. The van der Waals surface area contributed by atoms with Crippen LogP contribution < -0.4 is 5.73 Å². The van der Waals surface area contributed by atoms with Gasteiger partial charge in [0.1, 0.15) is 0 Å². The Morgan fingerprint density at radius 2 is 2.33 bits per heavy atom. The Labute approximate surface area is 81.7 Å². The number of anilines is 1. The van der Waals surface area contributed by atoms with Crippen LogP contribution in [0, 0.1) is 0 Å². The van der Waals surface area contributed by atoms with Gasteiger partial charge in [0, 0.05) is 11.6 Å². The molecule has 2 N–H and O–H groups in total. The summed E-state index contributed by atoms with van der Waals surface area (Å²) in [5, 5.41) is 2.56. The number of hydrogen-bond donors (Lipinski definition) is 1. The summed E-state index contributed by atoms with van der Waals surface area (Å²) in [6.07, 6.45) is 3.56. The Kier molecular flexibility index (Phi) is 2.29. The highest BCUT2D eigenvalue weighted by Gasteiger charge is 2.02. The number of nitrogen functional groups attached to an aromatic ring is 1. The van der Waals surface area contributed by atoms with E-state index in [1.54, 1.807) is 35.5 Å². The van der Waals surface area contributed by atoms with Crippen LogP contribution in [-0.2, 0) is 0 Å². The molecule has 6 heteroatoms. The molecule has 0 amide bonds. The number of nitrogens with zero attached hydrogens (tertiary/aromatic N) is 2. The Balaban J connectivity index is 2.14. The van der Waals surface area contributed by atoms with Gasteiger partial charge in [-0.1, -0.05) is 11.3 Å². The highest BCUT2D eigenvalue weighted by Crippen LogP contribution is 2.33. The van der Waals surface area contributed by atoms with Crippen molar-refractivity contribution in [3.05, 3.63) is 17.8 Å². The van der Waals surface area contributed by atoms with E-state index < -0.39 is 0 Å². The third-order valence-electron chi connectivity index (χ3n) is 1.10. The molecule has 2 aromatic rings. The van der Waals surface area contributed by atoms with Crippen molar-refractivity contribution in [3.63, 3.8) is 0 Å². The minimum Gasteiger partial charge on any atom is -0.375 e. The molecule has 0 bridgehead atoms. The van der Waals surface area contributed by atoms with Crippen molar-refractivity contribution >= 4 is 39.6 Å². The van der Waals surface area contributed by atoms with Crippen LogP contribution >= 0.6 is 34.4 Å². The number of thiazole rings is 2. The Hall–Kier alpha value is -0.590. The molecule has 0 fully saturated rings. The summed E-state index contributed by atoms with van der Waals surface area (Å²) in [6.45, 7) is 0. The van der Waals surface area contributed by atoms with Crippen LogP contribution in [0.4, 0.5) is 5.13 Å². The van der Waals surface area contributed by atoms with Crippen LogP contribution in [0.15, 0.2) is 26.3 Å². The van der Waals surface area contributed by atoms with E-state index in [0.717, 1.165) is 8.55 Å².